The van der Waals surface area contributed by atoms with Crippen LogP contribution < -0.4 is 16.0 Å². The first kappa shape index (κ1) is 18.5. The second-order valence-electron chi connectivity index (χ2n) is 6.57. The standard InChI is InChI=1S/C18H21ClN8O/c1-2-25-5-7-26(8-6-25)14-3-4-21-10-13(14)23-18(28)15-16(20)24-27-11-12(19)9-22-17(15)27/h3-4,9-11H,2,5-8H2,1H3,(H2,20,24)(H,23,28). The molecule has 0 saturated carbocycles. The molecule has 0 bridgehead atoms. The number of piperazine rings is 1. The molecule has 1 aliphatic heterocycles. The molecule has 0 unspecified atom stereocenters. The molecule has 0 atom stereocenters. The number of likely N-dealkylation sites (N-methyl/N-ethyl adjacent to an activating group) is 1. The van der Waals surface area contributed by atoms with E-state index in [4.69, 9.17) is 17.3 Å². The van der Waals surface area contributed by atoms with Gasteiger partial charge in [-0.15, -0.1) is 5.10 Å². The summed E-state index contributed by atoms with van der Waals surface area (Å²) in [4.78, 5) is 26.0. The summed E-state index contributed by atoms with van der Waals surface area (Å²) in [5.41, 5.74) is 8.09. The average molecular weight is 401 g/mol. The van der Waals surface area contributed by atoms with Crippen molar-refractivity contribution < 1.29 is 4.79 Å². The van der Waals surface area contributed by atoms with Crippen molar-refractivity contribution in [1.82, 2.24) is 24.5 Å². The van der Waals surface area contributed by atoms with Crippen molar-refractivity contribution in [2.75, 3.05) is 48.7 Å². The van der Waals surface area contributed by atoms with Crippen molar-refractivity contribution in [2.45, 2.75) is 6.92 Å². The maximum atomic E-state index is 13.0. The monoisotopic (exact) mass is 400 g/mol. The zero-order valence-electron chi connectivity index (χ0n) is 15.5. The molecule has 3 aromatic heterocycles. The van der Waals surface area contributed by atoms with Crippen molar-refractivity contribution in [3.05, 3.63) is 41.4 Å². The summed E-state index contributed by atoms with van der Waals surface area (Å²) in [7, 11) is 0. The largest absolute Gasteiger partial charge is 0.381 e. The number of anilines is 3. The molecule has 0 aliphatic carbocycles. The first-order valence-electron chi connectivity index (χ1n) is 9.09. The molecule has 0 radical (unpaired) electrons. The Hall–Kier alpha value is -2.91. The first-order valence-corrected chi connectivity index (χ1v) is 9.46. The van der Waals surface area contributed by atoms with E-state index in [1.807, 2.05) is 6.07 Å². The fourth-order valence-electron chi connectivity index (χ4n) is 3.40. The topological polar surface area (TPSA) is 105 Å². The normalized spacial score (nSPS) is 15.1. The SMILES string of the molecule is CCN1CCN(c2ccncc2NC(=O)c2c(N)nn3cc(Cl)cnc23)CC1. The Kier molecular flexibility index (Phi) is 5.01. The quantitative estimate of drug-likeness (QED) is 0.687. The van der Waals surface area contributed by atoms with E-state index in [1.54, 1.807) is 18.6 Å². The zero-order valence-corrected chi connectivity index (χ0v) is 16.2. The molecule has 3 aromatic rings. The third kappa shape index (κ3) is 3.46. The third-order valence-electron chi connectivity index (χ3n) is 4.90. The number of hydrogen-bond acceptors (Lipinski definition) is 7. The van der Waals surface area contributed by atoms with E-state index in [0.717, 1.165) is 38.4 Å². The molecule has 146 valence electrons. The lowest BCUT2D eigenvalue weighted by molar-refractivity contribution is 0.102. The third-order valence-corrected chi connectivity index (χ3v) is 5.10. The second-order valence-corrected chi connectivity index (χ2v) is 7.01. The second kappa shape index (κ2) is 7.61. The summed E-state index contributed by atoms with van der Waals surface area (Å²) in [5.74, 6) is -0.293. The van der Waals surface area contributed by atoms with Gasteiger partial charge in [0.1, 0.15) is 5.56 Å². The van der Waals surface area contributed by atoms with Crippen molar-refractivity contribution >= 4 is 40.3 Å². The van der Waals surface area contributed by atoms with E-state index in [0.29, 0.717) is 16.4 Å². The number of nitrogens with two attached hydrogens (primary N) is 1. The maximum Gasteiger partial charge on any atom is 0.263 e. The van der Waals surface area contributed by atoms with Crippen LogP contribution in [0.5, 0.6) is 0 Å². The van der Waals surface area contributed by atoms with Gasteiger partial charge in [0.2, 0.25) is 0 Å². The Morgan fingerprint density at radius 1 is 1.29 bits per heavy atom. The minimum absolute atomic E-state index is 0.0919. The van der Waals surface area contributed by atoms with Crippen LogP contribution in [0, 0.1) is 0 Å². The number of amides is 1. The summed E-state index contributed by atoms with van der Waals surface area (Å²) in [6, 6.07) is 1.91. The van der Waals surface area contributed by atoms with Crippen molar-refractivity contribution in [2.24, 2.45) is 0 Å². The maximum absolute atomic E-state index is 13.0. The van der Waals surface area contributed by atoms with E-state index < -0.39 is 0 Å². The molecular formula is C18H21ClN8O. The van der Waals surface area contributed by atoms with Crippen LogP contribution in [-0.4, -0.2) is 63.1 Å². The number of nitrogen functional groups attached to an aromatic ring is 1. The fraction of sp³-hybridized carbons (Fsp3) is 0.333. The number of nitrogens with one attached hydrogen (secondary N) is 1. The predicted octanol–water partition coefficient (Wildman–Crippen LogP) is 1.75. The number of aromatic nitrogens is 4. The molecular weight excluding hydrogens is 380 g/mol. The van der Waals surface area contributed by atoms with E-state index in [-0.39, 0.29) is 17.3 Å². The van der Waals surface area contributed by atoms with Crippen molar-refractivity contribution in [3.8, 4) is 0 Å². The number of carbonyl (C=O) groups is 1. The van der Waals surface area contributed by atoms with Crippen LogP contribution in [0.2, 0.25) is 5.02 Å². The average Bonchev–Trinajstić information content (AvgIpc) is 3.03. The number of hydrogen-bond donors (Lipinski definition) is 2. The van der Waals surface area contributed by atoms with Crippen LogP contribution in [0.15, 0.2) is 30.9 Å². The lowest BCUT2D eigenvalue weighted by Gasteiger charge is -2.36. The molecule has 3 N–H and O–H groups in total. The number of carbonyl (C=O) groups excluding carboxylic acids is 1. The van der Waals surface area contributed by atoms with Gasteiger partial charge in [-0.3, -0.25) is 9.78 Å². The highest BCUT2D eigenvalue weighted by atomic mass is 35.5. The lowest BCUT2D eigenvalue weighted by Crippen LogP contribution is -2.46. The summed E-state index contributed by atoms with van der Waals surface area (Å²) in [6.45, 7) is 6.95. The minimum atomic E-state index is -0.385. The molecule has 9 nitrogen and oxygen atoms in total. The molecule has 0 aromatic carbocycles. The lowest BCUT2D eigenvalue weighted by atomic mass is 10.2. The fourth-order valence-corrected chi connectivity index (χ4v) is 3.54. The number of fused-ring (bicyclic) bond motifs is 1. The summed E-state index contributed by atoms with van der Waals surface area (Å²) in [6.07, 6.45) is 6.38. The number of halogens is 1. The molecule has 0 spiro atoms. The van der Waals surface area contributed by atoms with Gasteiger partial charge < -0.3 is 20.9 Å². The Balaban J connectivity index is 1.60. The Labute approximate surface area is 167 Å². The van der Waals surface area contributed by atoms with E-state index in [2.05, 4.69) is 37.1 Å². The summed E-state index contributed by atoms with van der Waals surface area (Å²) < 4.78 is 1.40. The predicted molar refractivity (Wildman–Crippen MR) is 109 cm³/mol. The van der Waals surface area contributed by atoms with Gasteiger partial charge in [0.25, 0.3) is 5.91 Å². The smallest absolute Gasteiger partial charge is 0.263 e. The minimum Gasteiger partial charge on any atom is -0.381 e. The molecule has 10 heteroatoms. The highest BCUT2D eigenvalue weighted by Gasteiger charge is 2.23. The highest BCUT2D eigenvalue weighted by Crippen LogP contribution is 2.27. The number of rotatable bonds is 4. The molecule has 1 saturated heterocycles. The van der Waals surface area contributed by atoms with Crippen LogP contribution in [0.4, 0.5) is 17.2 Å². The van der Waals surface area contributed by atoms with E-state index in [9.17, 15) is 4.79 Å². The van der Waals surface area contributed by atoms with Gasteiger partial charge in [-0.05, 0) is 12.6 Å². The van der Waals surface area contributed by atoms with E-state index in [1.165, 1.54) is 10.7 Å². The van der Waals surface area contributed by atoms with Gasteiger partial charge in [-0.25, -0.2) is 9.50 Å². The number of pyridine rings is 1. The summed E-state index contributed by atoms with van der Waals surface area (Å²) >= 11 is 5.94. The van der Waals surface area contributed by atoms with Gasteiger partial charge in [0.05, 0.1) is 28.8 Å². The van der Waals surface area contributed by atoms with Crippen molar-refractivity contribution in [3.63, 3.8) is 0 Å². The van der Waals surface area contributed by atoms with Gasteiger partial charge in [-0.2, -0.15) is 0 Å². The number of nitrogens with zero attached hydrogens (tertiary/aromatic N) is 6. The molecule has 1 aliphatic rings. The molecule has 1 fully saturated rings. The van der Waals surface area contributed by atoms with Crippen LogP contribution in [0.3, 0.4) is 0 Å². The van der Waals surface area contributed by atoms with Crippen LogP contribution in [0.1, 0.15) is 17.3 Å². The van der Waals surface area contributed by atoms with Gasteiger partial charge in [0, 0.05) is 38.6 Å². The van der Waals surface area contributed by atoms with Crippen LogP contribution >= 0.6 is 11.6 Å². The first-order chi connectivity index (χ1) is 13.6. The Morgan fingerprint density at radius 2 is 2.07 bits per heavy atom. The zero-order chi connectivity index (χ0) is 19.7. The summed E-state index contributed by atoms with van der Waals surface area (Å²) in [5, 5.41) is 7.45. The van der Waals surface area contributed by atoms with E-state index >= 15 is 0 Å². The van der Waals surface area contributed by atoms with Gasteiger partial charge in [0.15, 0.2) is 11.5 Å². The van der Waals surface area contributed by atoms with Crippen LogP contribution in [0.25, 0.3) is 5.65 Å². The molecule has 4 heterocycles. The Bertz CT molecular complexity index is 1010. The molecule has 1 amide bonds. The highest BCUT2D eigenvalue weighted by molar-refractivity contribution is 6.30. The Morgan fingerprint density at radius 3 is 2.82 bits per heavy atom. The van der Waals surface area contributed by atoms with Gasteiger partial charge in [-0.1, -0.05) is 18.5 Å². The molecule has 4 rings (SSSR count). The van der Waals surface area contributed by atoms with Crippen LogP contribution in [-0.2, 0) is 0 Å². The van der Waals surface area contributed by atoms with Crippen molar-refractivity contribution in [1.29, 1.82) is 0 Å². The molecule has 28 heavy (non-hydrogen) atoms. The van der Waals surface area contributed by atoms with Gasteiger partial charge >= 0.3 is 0 Å².